The fourth-order valence-electron chi connectivity index (χ4n) is 4.06. The highest BCUT2D eigenvalue weighted by molar-refractivity contribution is 7.22. The molecule has 1 atom stereocenters. The van der Waals surface area contributed by atoms with E-state index >= 15 is 0 Å². The molecule has 0 aliphatic carbocycles. The molecule has 3 N–H and O–H groups in total. The monoisotopic (exact) mass is 470 g/mol. The van der Waals surface area contributed by atoms with E-state index in [9.17, 15) is 4.79 Å². The van der Waals surface area contributed by atoms with Gasteiger partial charge in [0, 0.05) is 43.3 Å². The molecule has 1 aliphatic rings. The largest absolute Gasteiger partial charge is 0.395 e. The number of carbonyl (C=O) groups is 1. The number of anilines is 2. The van der Waals surface area contributed by atoms with Crippen molar-refractivity contribution in [3.8, 4) is 0 Å². The average molecular weight is 471 g/mol. The number of hydrogen-bond donors (Lipinski definition) is 3. The van der Waals surface area contributed by atoms with Crippen LogP contribution in [0.25, 0.3) is 21.3 Å². The third-order valence-electron chi connectivity index (χ3n) is 5.74. The number of nitrogens with zero attached hydrogens (tertiary/aromatic N) is 4. The van der Waals surface area contributed by atoms with Crippen molar-refractivity contribution < 1.29 is 9.90 Å². The summed E-state index contributed by atoms with van der Waals surface area (Å²) >= 11 is 7.59. The number of aliphatic hydroxyl groups is 1. The van der Waals surface area contributed by atoms with Crippen molar-refractivity contribution in [2.45, 2.75) is 12.5 Å². The topological polar surface area (TPSA) is 95.3 Å². The van der Waals surface area contributed by atoms with Crippen molar-refractivity contribution in [2.75, 3.05) is 31.6 Å². The van der Waals surface area contributed by atoms with Gasteiger partial charge in [0.25, 0.3) is 5.91 Å². The molecule has 3 heterocycles. The molecule has 5 rings (SSSR count). The van der Waals surface area contributed by atoms with E-state index in [1.54, 1.807) is 0 Å². The first-order valence-electron chi connectivity index (χ1n) is 10.4. The van der Waals surface area contributed by atoms with E-state index in [0.717, 1.165) is 45.9 Å². The normalized spacial score (nSPS) is 16.8. The Morgan fingerprint density at radius 3 is 2.97 bits per heavy atom. The highest BCUT2D eigenvalue weighted by atomic mass is 35.5. The van der Waals surface area contributed by atoms with Crippen molar-refractivity contribution in [1.29, 1.82) is 0 Å². The molecule has 32 heavy (non-hydrogen) atoms. The van der Waals surface area contributed by atoms with Crippen LogP contribution in [0.2, 0.25) is 5.02 Å². The van der Waals surface area contributed by atoms with Crippen LogP contribution in [0.3, 0.4) is 0 Å². The van der Waals surface area contributed by atoms with E-state index < -0.39 is 0 Å². The Morgan fingerprint density at radius 2 is 2.12 bits per heavy atom. The predicted molar refractivity (Wildman–Crippen MR) is 128 cm³/mol. The summed E-state index contributed by atoms with van der Waals surface area (Å²) < 4.78 is 2.95. The van der Waals surface area contributed by atoms with Crippen LogP contribution in [0.4, 0.5) is 11.1 Å². The number of thiazole rings is 1. The number of hydrogen-bond acceptors (Lipinski definition) is 7. The number of carbonyl (C=O) groups excluding carboxylic acids is 1. The maximum atomic E-state index is 12.8. The van der Waals surface area contributed by atoms with Gasteiger partial charge >= 0.3 is 0 Å². The fraction of sp³-hybridized carbons (Fsp3) is 0.318. The minimum Gasteiger partial charge on any atom is -0.395 e. The number of amides is 1. The SMILES string of the molecule is Cn1c(Nc2nc3ccc(Cl)cc3s2)nc2cc(C(=O)N[C@H]3CCN(CCO)C3)ccc21. The number of aromatic nitrogens is 3. The minimum atomic E-state index is -0.106. The van der Waals surface area contributed by atoms with Crippen LogP contribution in [0.15, 0.2) is 36.4 Å². The van der Waals surface area contributed by atoms with E-state index in [0.29, 0.717) is 23.1 Å². The van der Waals surface area contributed by atoms with Crippen molar-refractivity contribution in [1.82, 2.24) is 24.8 Å². The van der Waals surface area contributed by atoms with Gasteiger partial charge in [-0.05, 0) is 42.8 Å². The van der Waals surface area contributed by atoms with Gasteiger partial charge < -0.3 is 20.3 Å². The Labute approximate surface area is 193 Å². The summed E-state index contributed by atoms with van der Waals surface area (Å²) in [6.45, 7) is 2.43. The molecule has 8 nitrogen and oxygen atoms in total. The zero-order chi connectivity index (χ0) is 22.2. The summed E-state index contributed by atoms with van der Waals surface area (Å²) in [4.78, 5) is 24.2. The van der Waals surface area contributed by atoms with E-state index in [2.05, 4.69) is 25.5 Å². The molecular formula is C22H23ClN6O2S. The van der Waals surface area contributed by atoms with Gasteiger partial charge in [-0.1, -0.05) is 22.9 Å². The lowest BCUT2D eigenvalue weighted by Gasteiger charge is -2.15. The number of likely N-dealkylation sites (tertiary alicyclic amines) is 1. The Bertz CT molecular complexity index is 1300. The maximum Gasteiger partial charge on any atom is 0.251 e. The summed E-state index contributed by atoms with van der Waals surface area (Å²) in [5.41, 5.74) is 3.12. The van der Waals surface area contributed by atoms with Gasteiger partial charge in [0.15, 0.2) is 5.13 Å². The van der Waals surface area contributed by atoms with Gasteiger partial charge in [-0.3, -0.25) is 9.69 Å². The highest BCUT2D eigenvalue weighted by Gasteiger charge is 2.24. The second-order valence-electron chi connectivity index (χ2n) is 7.94. The van der Waals surface area contributed by atoms with Crippen molar-refractivity contribution >= 4 is 61.2 Å². The molecule has 0 spiro atoms. The van der Waals surface area contributed by atoms with Gasteiger partial charge in [0.05, 0.1) is 27.9 Å². The lowest BCUT2D eigenvalue weighted by atomic mass is 10.1. The molecule has 2 aromatic carbocycles. The van der Waals surface area contributed by atoms with Crippen LogP contribution < -0.4 is 10.6 Å². The predicted octanol–water partition coefficient (Wildman–Crippen LogP) is 3.38. The van der Waals surface area contributed by atoms with E-state index in [-0.39, 0.29) is 18.6 Å². The van der Waals surface area contributed by atoms with Gasteiger partial charge in [0.1, 0.15) is 0 Å². The van der Waals surface area contributed by atoms with Gasteiger partial charge in [-0.15, -0.1) is 0 Å². The third-order valence-corrected chi connectivity index (χ3v) is 6.90. The average Bonchev–Trinajstić information content (AvgIpc) is 3.46. The van der Waals surface area contributed by atoms with Gasteiger partial charge in [-0.25, -0.2) is 9.97 Å². The van der Waals surface area contributed by atoms with Crippen LogP contribution in [0.5, 0.6) is 0 Å². The molecule has 1 fully saturated rings. The van der Waals surface area contributed by atoms with Gasteiger partial charge in [0.2, 0.25) is 5.95 Å². The van der Waals surface area contributed by atoms with Crippen LogP contribution in [0.1, 0.15) is 16.8 Å². The number of aliphatic hydroxyl groups excluding tert-OH is 1. The molecule has 0 radical (unpaired) electrons. The van der Waals surface area contributed by atoms with Crippen LogP contribution >= 0.6 is 22.9 Å². The molecule has 0 bridgehead atoms. The molecule has 1 saturated heterocycles. The first kappa shape index (κ1) is 21.1. The molecule has 2 aromatic heterocycles. The summed E-state index contributed by atoms with van der Waals surface area (Å²) in [5, 5.41) is 16.9. The zero-order valence-electron chi connectivity index (χ0n) is 17.5. The number of halogens is 1. The van der Waals surface area contributed by atoms with E-state index in [1.807, 2.05) is 48.0 Å². The van der Waals surface area contributed by atoms with Crippen molar-refractivity contribution in [3.05, 3.63) is 47.0 Å². The van der Waals surface area contributed by atoms with Gasteiger partial charge in [-0.2, -0.15) is 0 Å². The molecular weight excluding hydrogens is 448 g/mol. The van der Waals surface area contributed by atoms with E-state index in [4.69, 9.17) is 16.7 Å². The number of β-amino-alcohol motifs (C(OH)–C–C–N with tert-alkyl or cyclic N) is 1. The summed E-state index contributed by atoms with van der Waals surface area (Å²) in [5.74, 6) is 0.545. The van der Waals surface area contributed by atoms with Crippen LogP contribution in [0, 0.1) is 0 Å². The lowest BCUT2D eigenvalue weighted by molar-refractivity contribution is 0.0937. The molecule has 1 amide bonds. The number of imidazole rings is 1. The Morgan fingerprint density at radius 1 is 1.25 bits per heavy atom. The summed E-state index contributed by atoms with van der Waals surface area (Å²) in [7, 11) is 1.93. The quantitative estimate of drug-likeness (QED) is 0.400. The summed E-state index contributed by atoms with van der Waals surface area (Å²) in [6, 6.07) is 11.3. The smallest absolute Gasteiger partial charge is 0.251 e. The van der Waals surface area contributed by atoms with Crippen LogP contribution in [-0.2, 0) is 7.05 Å². The molecule has 0 unspecified atom stereocenters. The standard InChI is InChI=1S/C22H23ClN6O2S/c1-28-18-5-2-13(20(31)24-15-6-7-29(12-15)8-9-30)10-17(18)25-21(28)27-22-26-16-4-3-14(23)11-19(16)32-22/h2-5,10-11,15,30H,6-9,12H2,1H3,(H,24,31)(H,25,26,27)/t15-/m0/s1. The molecule has 166 valence electrons. The highest BCUT2D eigenvalue weighted by Crippen LogP contribution is 2.31. The molecule has 1 aliphatic heterocycles. The summed E-state index contributed by atoms with van der Waals surface area (Å²) in [6.07, 6.45) is 0.888. The van der Waals surface area contributed by atoms with Crippen molar-refractivity contribution in [3.63, 3.8) is 0 Å². The number of fused-ring (bicyclic) bond motifs is 2. The zero-order valence-corrected chi connectivity index (χ0v) is 19.1. The first-order chi connectivity index (χ1) is 15.5. The number of nitrogens with one attached hydrogen (secondary N) is 2. The molecule has 0 saturated carbocycles. The van der Waals surface area contributed by atoms with Crippen molar-refractivity contribution in [2.24, 2.45) is 7.05 Å². The second-order valence-corrected chi connectivity index (χ2v) is 9.40. The number of benzene rings is 2. The maximum absolute atomic E-state index is 12.8. The molecule has 4 aromatic rings. The third kappa shape index (κ3) is 4.16. The lowest BCUT2D eigenvalue weighted by Crippen LogP contribution is -2.37. The molecule has 10 heteroatoms. The Balaban J connectivity index is 1.34. The Kier molecular flexibility index (Phi) is 5.73. The number of aryl methyl sites for hydroxylation is 1. The second kappa shape index (κ2) is 8.67. The minimum absolute atomic E-state index is 0.0956. The van der Waals surface area contributed by atoms with Crippen LogP contribution in [-0.4, -0.2) is 62.7 Å². The first-order valence-corrected chi connectivity index (χ1v) is 11.6. The van der Waals surface area contributed by atoms with E-state index in [1.165, 1.54) is 11.3 Å². The Hall–Kier alpha value is -2.72. The fourth-order valence-corrected chi connectivity index (χ4v) is 5.20. The number of rotatable bonds is 6.